The molecule has 6 heteroatoms. The Bertz CT molecular complexity index is 578. The highest BCUT2D eigenvalue weighted by atomic mass is 79.9. The van der Waals surface area contributed by atoms with Gasteiger partial charge in [0, 0.05) is 15.6 Å². The number of nitrogens with one attached hydrogen (secondary N) is 1. The molecule has 0 spiro atoms. The lowest BCUT2D eigenvalue weighted by atomic mass is 10.1. The molecule has 19 heavy (non-hydrogen) atoms. The van der Waals surface area contributed by atoms with Crippen LogP contribution in [0.5, 0.6) is 0 Å². The Morgan fingerprint density at radius 2 is 2.05 bits per heavy atom. The minimum absolute atomic E-state index is 0.0439. The maximum absolute atomic E-state index is 13.0. The zero-order valence-corrected chi connectivity index (χ0v) is 13.4. The maximum Gasteiger partial charge on any atom is 0.148 e. The van der Waals surface area contributed by atoms with E-state index in [1.165, 1.54) is 23.5 Å². The van der Waals surface area contributed by atoms with Crippen molar-refractivity contribution < 1.29 is 4.39 Å². The molecular weight excluding hydrogens is 329 g/mol. The summed E-state index contributed by atoms with van der Waals surface area (Å²) in [5.74, 6) is -0.269. The number of rotatable bonds is 3. The highest BCUT2D eigenvalue weighted by Gasteiger charge is 2.13. The van der Waals surface area contributed by atoms with Crippen molar-refractivity contribution in [3.63, 3.8) is 0 Å². The summed E-state index contributed by atoms with van der Waals surface area (Å²) >= 11 is 4.86. The predicted molar refractivity (Wildman–Crippen MR) is 79.6 cm³/mol. The monoisotopic (exact) mass is 343 g/mol. The molecule has 0 saturated heterocycles. The van der Waals surface area contributed by atoms with Crippen molar-refractivity contribution in [3.8, 4) is 10.6 Å². The van der Waals surface area contributed by atoms with Gasteiger partial charge in [-0.3, -0.25) is 0 Å². The van der Waals surface area contributed by atoms with E-state index in [0.717, 1.165) is 15.6 Å². The largest absolute Gasteiger partial charge is 0.306 e. The van der Waals surface area contributed by atoms with Gasteiger partial charge >= 0.3 is 0 Å². The van der Waals surface area contributed by atoms with E-state index in [1.807, 2.05) is 0 Å². The van der Waals surface area contributed by atoms with E-state index in [1.54, 1.807) is 6.07 Å². The third kappa shape index (κ3) is 4.06. The molecule has 0 bridgehead atoms. The van der Waals surface area contributed by atoms with Gasteiger partial charge in [-0.1, -0.05) is 11.3 Å². The first-order valence-corrected chi connectivity index (χ1v) is 7.49. The normalized spacial score (nSPS) is 11.8. The number of aromatic nitrogens is 2. The van der Waals surface area contributed by atoms with E-state index in [4.69, 9.17) is 0 Å². The zero-order valence-electron chi connectivity index (χ0n) is 11.0. The zero-order chi connectivity index (χ0) is 14.0. The van der Waals surface area contributed by atoms with Gasteiger partial charge in [0.05, 0.1) is 6.54 Å². The Kier molecular flexibility index (Phi) is 4.32. The summed E-state index contributed by atoms with van der Waals surface area (Å²) in [5, 5.41) is 13.4. The van der Waals surface area contributed by atoms with Crippen LogP contribution in [0.15, 0.2) is 22.7 Å². The summed E-state index contributed by atoms with van der Waals surface area (Å²) in [5.41, 5.74) is 0.906. The molecule has 0 saturated carbocycles. The molecule has 0 aliphatic carbocycles. The first-order valence-electron chi connectivity index (χ1n) is 5.88. The fraction of sp³-hybridized carbons (Fsp3) is 0.385. The SMILES string of the molecule is CC(C)(C)NCc1nnc(-c2ccc(F)cc2Br)s1. The lowest BCUT2D eigenvalue weighted by Gasteiger charge is -2.19. The number of hydrogen-bond donors (Lipinski definition) is 1. The Morgan fingerprint density at radius 3 is 2.68 bits per heavy atom. The van der Waals surface area contributed by atoms with Crippen molar-refractivity contribution in [1.29, 1.82) is 0 Å². The van der Waals surface area contributed by atoms with Gasteiger partial charge in [-0.2, -0.15) is 0 Å². The highest BCUT2D eigenvalue weighted by Crippen LogP contribution is 2.31. The van der Waals surface area contributed by atoms with Crippen molar-refractivity contribution in [2.75, 3.05) is 0 Å². The molecule has 0 aliphatic rings. The summed E-state index contributed by atoms with van der Waals surface area (Å²) in [6, 6.07) is 4.57. The van der Waals surface area contributed by atoms with Crippen LogP contribution < -0.4 is 5.32 Å². The molecule has 0 amide bonds. The third-order valence-corrected chi connectivity index (χ3v) is 4.01. The molecule has 1 aromatic carbocycles. The second-order valence-corrected chi connectivity index (χ2v) is 7.15. The van der Waals surface area contributed by atoms with Crippen molar-refractivity contribution in [2.45, 2.75) is 32.9 Å². The van der Waals surface area contributed by atoms with E-state index in [-0.39, 0.29) is 11.4 Å². The second-order valence-electron chi connectivity index (χ2n) is 5.23. The first kappa shape index (κ1) is 14.6. The van der Waals surface area contributed by atoms with Gasteiger partial charge in [0.25, 0.3) is 0 Å². The highest BCUT2D eigenvalue weighted by molar-refractivity contribution is 9.10. The van der Waals surface area contributed by atoms with Gasteiger partial charge in [0.15, 0.2) is 0 Å². The van der Waals surface area contributed by atoms with Crippen LogP contribution in [-0.2, 0) is 6.54 Å². The Morgan fingerprint density at radius 1 is 1.32 bits per heavy atom. The maximum atomic E-state index is 13.0. The Labute approximate surface area is 124 Å². The van der Waals surface area contributed by atoms with Crippen LogP contribution in [0.3, 0.4) is 0 Å². The van der Waals surface area contributed by atoms with Crippen molar-refractivity contribution >= 4 is 27.3 Å². The van der Waals surface area contributed by atoms with Gasteiger partial charge in [-0.05, 0) is 54.9 Å². The van der Waals surface area contributed by atoms with Crippen LogP contribution >= 0.6 is 27.3 Å². The molecule has 2 rings (SSSR count). The molecule has 0 aliphatic heterocycles. The van der Waals surface area contributed by atoms with Crippen LogP contribution in [0.2, 0.25) is 0 Å². The molecule has 1 heterocycles. The summed E-state index contributed by atoms with van der Waals surface area (Å²) in [4.78, 5) is 0. The average Bonchev–Trinajstić information content (AvgIpc) is 2.74. The van der Waals surface area contributed by atoms with E-state index < -0.39 is 0 Å². The van der Waals surface area contributed by atoms with Crippen LogP contribution in [0, 0.1) is 5.82 Å². The Hall–Kier alpha value is -0.850. The summed E-state index contributed by atoms with van der Waals surface area (Å²) in [6.45, 7) is 6.99. The molecule has 1 N–H and O–H groups in total. The topological polar surface area (TPSA) is 37.8 Å². The quantitative estimate of drug-likeness (QED) is 0.915. The van der Waals surface area contributed by atoms with Crippen molar-refractivity contribution in [2.24, 2.45) is 0 Å². The number of halogens is 2. The molecule has 3 nitrogen and oxygen atoms in total. The van der Waals surface area contributed by atoms with Crippen molar-refractivity contribution in [1.82, 2.24) is 15.5 Å². The van der Waals surface area contributed by atoms with E-state index >= 15 is 0 Å². The molecule has 102 valence electrons. The van der Waals surface area contributed by atoms with E-state index in [0.29, 0.717) is 11.0 Å². The predicted octanol–water partition coefficient (Wildman–Crippen LogP) is 3.99. The Balaban J connectivity index is 2.16. The molecule has 0 unspecified atom stereocenters. The van der Waals surface area contributed by atoms with Gasteiger partial charge < -0.3 is 5.32 Å². The smallest absolute Gasteiger partial charge is 0.148 e. The molecule has 2 aromatic rings. The lowest BCUT2D eigenvalue weighted by Crippen LogP contribution is -2.35. The van der Waals surface area contributed by atoms with Crippen LogP contribution in [0.4, 0.5) is 4.39 Å². The van der Waals surface area contributed by atoms with E-state index in [9.17, 15) is 4.39 Å². The van der Waals surface area contributed by atoms with Gasteiger partial charge in [0.1, 0.15) is 15.8 Å². The lowest BCUT2D eigenvalue weighted by molar-refractivity contribution is 0.423. The first-order chi connectivity index (χ1) is 8.85. The minimum atomic E-state index is -0.269. The van der Waals surface area contributed by atoms with Gasteiger partial charge in [-0.15, -0.1) is 10.2 Å². The second kappa shape index (κ2) is 5.64. The summed E-state index contributed by atoms with van der Waals surface area (Å²) in [7, 11) is 0. The van der Waals surface area contributed by atoms with Crippen LogP contribution in [0.1, 0.15) is 25.8 Å². The van der Waals surface area contributed by atoms with E-state index in [2.05, 4.69) is 52.2 Å². The molecular formula is C13H15BrFN3S. The minimum Gasteiger partial charge on any atom is -0.306 e. The number of hydrogen-bond acceptors (Lipinski definition) is 4. The van der Waals surface area contributed by atoms with Gasteiger partial charge in [-0.25, -0.2) is 4.39 Å². The summed E-state index contributed by atoms with van der Waals surface area (Å²) in [6.07, 6.45) is 0. The molecule has 0 atom stereocenters. The van der Waals surface area contributed by atoms with Crippen molar-refractivity contribution in [3.05, 3.63) is 33.5 Å². The number of benzene rings is 1. The molecule has 0 fully saturated rings. The number of nitrogens with zero attached hydrogens (tertiary/aromatic N) is 2. The fourth-order valence-electron chi connectivity index (χ4n) is 1.44. The summed E-state index contributed by atoms with van der Waals surface area (Å²) < 4.78 is 13.7. The van der Waals surface area contributed by atoms with Crippen LogP contribution in [0.25, 0.3) is 10.6 Å². The fourth-order valence-corrected chi connectivity index (χ4v) is 2.93. The molecule has 0 radical (unpaired) electrons. The van der Waals surface area contributed by atoms with Crippen LogP contribution in [-0.4, -0.2) is 15.7 Å². The third-order valence-electron chi connectivity index (χ3n) is 2.40. The standard InChI is InChI=1S/C13H15BrFN3S/c1-13(2,3)16-7-11-17-18-12(19-11)9-5-4-8(15)6-10(9)14/h4-6,16H,7H2,1-3H3. The molecule has 1 aromatic heterocycles. The van der Waals surface area contributed by atoms with Gasteiger partial charge in [0.2, 0.25) is 0 Å². The average molecular weight is 344 g/mol.